The van der Waals surface area contributed by atoms with Gasteiger partial charge in [-0.3, -0.25) is 4.79 Å². The minimum Gasteiger partial charge on any atom is -0.494 e. The fourth-order valence-corrected chi connectivity index (χ4v) is 2.86. The molecule has 0 aliphatic rings. The van der Waals surface area contributed by atoms with Crippen LogP contribution in [0.2, 0.25) is 0 Å². The minimum atomic E-state index is -0.570. The quantitative estimate of drug-likeness (QED) is 0.208. The summed E-state index contributed by atoms with van der Waals surface area (Å²) < 4.78 is 10.7. The fourth-order valence-electron chi connectivity index (χ4n) is 2.86. The molecule has 1 amide bonds. The van der Waals surface area contributed by atoms with Crippen molar-refractivity contribution >= 4 is 28.9 Å². The molecule has 33 heavy (non-hydrogen) atoms. The predicted octanol–water partition coefficient (Wildman–Crippen LogP) is 6.47. The number of carbonyl (C=O) groups excluding carboxylic acids is 2. The third kappa shape index (κ3) is 8.22. The van der Waals surface area contributed by atoms with E-state index in [4.69, 9.17) is 9.47 Å². The Morgan fingerprint density at radius 3 is 2.15 bits per heavy atom. The molecule has 7 nitrogen and oxygen atoms in total. The lowest BCUT2D eigenvalue weighted by molar-refractivity contribution is -0.119. The van der Waals surface area contributed by atoms with Crippen molar-refractivity contribution in [3.63, 3.8) is 0 Å². The number of esters is 1. The van der Waals surface area contributed by atoms with E-state index in [1.54, 1.807) is 48.5 Å². The molecule has 0 unspecified atom stereocenters. The van der Waals surface area contributed by atoms with E-state index in [0.29, 0.717) is 29.3 Å². The number of rotatable bonds is 11. The molecule has 170 valence electrons. The highest BCUT2D eigenvalue weighted by Gasteiger charge is 2.11. The van der Waals surface area contributed by atoms with Crippen molar-refractivity contribution in [2.45, 2.75) is 26.2 Å². The number of hydrogen-bond acceptors (Lipinski definition) is 6. The number of nitrogens with one attached hydrogen (secondary N) is 1. The second-order valence-electron chi connectivity index (χ2n) is 7.29. The van der Waals surface area contributed by atoms with Crippen LogP contribution in [0.1, 0.15) is 36.5 Å². The summed E-state index contributed by atoms with van der Waals surface area (Å²) in [6.07, 6.45) is 3.25. The van der Waals surface area contributed by atoms with Crippen LogP contribution >= 0.6 is 0 Å². The Kier molecular flexibility index (Phi) is 9.15. The molecular weight excluding hydrogens is 418 g/mol. The maximum absolute atomic E-state index is 12.2. The van der Waals surface area contributed by atoms with E-state index in [1.165, 1.54) is 0 Å². The summed E-state index contributed by atoms with van der Waals surface area (Å²) in [7, 11) is 0. The van der Waals surface area contributed by atoms with Gasteiger partial charge in [0.25, 0.3) is 5.91 Å². The highest BCUT2D eigenvalue weighted by atomic mass is 16.5. The Labute approximate surface area is 193 Å². The lowest BCUT2D eigenvalue weighted by Crippen LogP contribution is -2.20. The van der Waals surface area contributed by atoms with Gasteiger partial charge in [0.1, 0.15) is 5.75 Å². The molecule has 7 heteroatoms. The van der Waals surface area contributed by atoms with Crippen molar-refractivity contribution < 1.29 is 19.1 Å². The van der Waals surface area contributed by atoms with Crippen molar-refractivity contribution in [3.05, 3.63) is 84.4 Å². The summed E-state index contributed by atoms with van der Waals surface area (Å²) in [4.78, 5) is 24.3. The molecular formula is C26H27N3O4. The second kappa shape index (κ2) is 12.8. The topological polar surface area (TPSA) is 89.3 Å². The third-order valence-electron chi connectivity index (χ3n) is 4.63. The fraction of sp³-hybridized carbons (Fsp3) is 0.231. The molecule has 0 radical (unpaired) electrons. The van der Waals surface area contributed by atoms with Crippen LogP contribution in [-0.2, 0) is 9.53 Å². The molecule has 3 rings (SSSR count). The van der Waals surface area contributed by atoms with E-state index in [9.17, 15) is 9.59 Å². The first kappa shape index (κ1) is 23.7. The lowest BCUT2D eigenvalue weighted by Gasteiger charge is -2.08. The second-order valence-corrected chi connectivity index (χ2v) is 7.29. The standard InChI is InChI=1S/C26H27N3O4/c1-2-3-7-18-32-24-16-10-20(11-17-24)26(31)33-19-25(30)27-21-12-14-23(15-13-21)29-28-22-8-5-4-6-9-22/h4-6,8-17H,2-3,7,18-19H2,1H3,(H,27,30). The van der Waals surface area contributed by atoms with Crippen LogP contribution in [-0.4, -0.2) is 25.1 Å². The van der Waals surface area contributed by atoms with Crippen molar-refractivity contribution in [3.8, 4) is 5.75 Å². The molecule has 0 saturated carbocycles. The number of unbranched alkanes of at least 4 members (excludes halogenated alkanes) is 2. The van der Waals surface area contributed by atoms with Gasteiger partial charge < -0.3 is 14.8 Å². The summed E-state index contributed by atoms with van der Waals surface area (Å²) in [5.74, 6) is -0.301. The number of ether oxygens (including phenoxy) is 2. The summed E-state index contributed by atoms with van der Waals surface area (Å²) in [6.45, 7) is 2.40. The van der Waals surface area contributed by atoms with E-state index in [-0.39, 0.29) is 6.61 Å². The summed E-state index contributed by atoms with van der Waals surface area (Å²) in [6, 6.07) is 23.0. The largest absolute Gasteiger partial charge is 0.494 e. The molecule has 1 N–H and O–H groups in total. The van der Waals surface area contributed by atoms with Gasteiger partial charge in [0.2, 0.25) is 0 Å². The molecule has 0 aromatic heterocycles. The van der Waals surface area contributed by atoms with Gasteiger partial charge in [0.05, 0.1) is 23.5 Å². The number of amides is 1. The van der Waals surface area contributed by atoms with Gasteiger partial charge in [-0.15, -0.1) is 0 Å². The monoisotopic (exact) mass is 445 g/mol. The normalized spacial score (nSPS) is 10.7. The number of anilines is 1. The van der Waals surface area contributed by atoms with Crippen LogP contribution in [0.5, 0.6) is 5.75 Å². The van der Waals surface area contributed by atoms with Gasteiger partial charge in [-0.05, 0) is 67.1 Å². The Balaban J connectivity index is 1.42. The predicted molar refractivity (Wildman–Crippen MR) is 127 cm³/mol. The first-order valence-electron chi connectivity index (χ1n) is 10.9. The van der Waals surface area contributed by atoms with Crippen molar-refractivity contribution in [1.29, 1.82) is 0 Å². The lowest BCUT2D eigenvalue weighted by atomic mass is 10.2. The molecule has 0 fully saturated rings. The Morgan fingerprint density at radius 1 is 0.818 bits per heavy atom. The first-order chi connectivity index (χ1) is 16.1. The Hall–Kier alpha value is -4.00. The van der Waals surface area contributed by atoms with Gasteiger partial charge in [-0.2, -0.15) is 10.2 Å². The van der Waals surface area contributed by atoms with Crippen molar-refractivity contribution in [2.24, 2.45) is 10.2 Å². The zero-order chi connectivity index (χ0) is 23.3. The molecule has 0 aliphatic heterocycles. The van der Waals surface area contributed by atoms with Gasteiger partial charge in [0.15, 0.2) is 6.61 Å². The highest BCUT2D eigenvalue weighted by molar-refractivity contribution is 5.95. The van der Waals surface area contributed by atoms with Crippen LogP contribution in [0.15, 0.2) is 89.1 Å². The number of benzene rings is 3. The molecule has 0 aliphatic carbocycles. The molecule has 0 atom stereocenters. The van der Waals surface area contributed by atoms with Crippen molar-refractivity contribution in [1.82, 2.24) is 0 Å². The maximum Gasteiger partial charge on any atom is 0.338 e. The third-order valence-corrected chi connectivity index (χ3v) is 4.63. The zero-order valence-electron chi connectivity index (χ0n) is 18.6. The first-order valence-corrected chi connectivity index (χ1v) is 10.9. The maximum atomic E-state index is 12.2. The van der Waals surface area contributed by atoms with Gasteiger partial charge in [0, 0.05) is 5.69 Å². The van der Waals surface area contributed by atoms with Crippen LogP contribution in [0, 0.1) is 0 Å². The number of carbonyl (C=O) groups is 2. The molecule has 3 aromatic carbocycles. The SMILES string of the molecule is CCCCCOc1ccc(C(=O)OCC(=O)Nc2ccc(N=Nc3ccccc3)cc2)cc1. The Morgan fingerprint density at radius 2 is 1.48 bits per heavy atom. The van der Waals surface area contributed by atoms with E-state index in [1.807, 2.05) is 30.3 Å². The number of azo groups is 1. The van der Waals surface area contributed by atoms with E-state index >= 15 is 0 Å². The van der Waals surface area contributed by atoms with Crippen LogP contribution < -0.4 is 10.1 Å². The molecule has 0 spiro atoms. The summed E-state index contributed by atoms with van der Waals surface area (Å²) >= 11 is 0. The zero-order valence-corrected chi connectivity index (χ0v) is 18.6. The number of hydrogen-bond donors (Lipinski definition) is 1. The number of nitrogens with zero attached hydrogens (tertiary/aromatic N) is 2. The smallest absolute Gasteiger partial charge is 0.338 e. The van der Waals surface area contributed by atoms with Crippen LogP contribution in [0.4, 0.5) is 17.1 Å². The van der Waals surface area contributed by atoms with Crippen LogP contribution in [0.3, 0.4) is 0 Å². The van der Waals surface area contributed by atoms with E-state index in [2.05, 4.69) is 22.5 Å². The summed E-state index contributed by atoms with van der Waals surface area (Å²) in [5.41, 5.74) is 2.34. The Bertz CT molecular complexity index is 1050. The average molecular weight is 446 g/mol. The average Bonchev–Trinajstić information content (AvgIpc) is 2.86. The van der Waals surface area contributed by atoms with Gasteiger partial charge in [-0.1, -0.05) is 38.0 Å². The van der Waals surface area contributed by atoms with E-state index < -0.39 is 11.9 Å². The molecule has 0 bridgehead atoms. The molecule has 0 saturated heterocycles. The van der Waals surface area contributed by atoms with Crippen molar-refractivity contribution in [2.75, 3.05) is 18.5 Å². The summed E-state index contributed by atoms with van der Waals surface area (Å²) in [5, 5.41) is 11.0. The van der Waals surface area contributed by atoms with Crippen LogP contribution in [0.25, 0.3) is 0 Å². The minimum absolute atomic E-state index is 0.358. The molecule has 3 aromatic rings. The van der Waals surface area contributed by atoms with Gasteiger partial charge in [-0.25, -0.2) is 4.79 Å². The molecule has 0 heterocycles. The van der Waals surface area contributed by atoms with E-state index in [0.717, 1.165) is 24.9 Å². The van der Waals surface area contributed by atoms with Gasteiger partial charge >= 0.3 is 5.97 Å². The highest BCUT2D eigenvalue weighted by Crippen LogP contribution is 2.20.